The van der Waals surface area contributed by atoms with Crippen LogP contribution in [0.4, 0.5) is 4.39 Å². The van der Waals surface area contributed by atoms with Gasteiger partial charge in [0.2, 0.25) is 0 Å². The summed E-state index contributed by atoms with van der Waals surface area (Å²) in [6.07, 6.45) is 0.997. The maximum atomic E-state index is 12.4. The van der Waals surface area contributed by atoms with Crippen LogP contribution >= 0.6 is 0 Å². The Balaban J connectivity index is 2.08. The molecule has 64 valence electrons. The minimum Gasteiger partial charge on any atom is -0.323 e. The van der Waals surface area contributed by atoms with Gasteiger partial charge < -0.3 is 10.6 Å². The number of hydrogen-bond acceptors (Lipinski definition) is 2. The van der Waals surface area contributed by atoms with Gasteiger partial charge in [-0.2, -0.15) is 0 Å². The molecule has 2 fully saturated rings. The molecule has 0 amide bonds. The second kappa shape index (κ2) is 2.17. The maximum Gasteiger partial charge on any atom is 0.0940 e. The van der Waals surface area contributed by atoms with Crippen molar-refractivity contribution in [2.45, 2.75) is 12.0 Å². The number of halogens is 1. The fourth-order valence-corrected chi connectivity index (χ4v) is 2.57. The summed E-state index contributed by atoms with van der Waals surface area (Å²) in [5.74, 6) is 0.700. The molecule has 2 rings (SSSR count). The van der Waals surface area contributed by atoms with Crippen LogP contribution in [0.3, 0.4) is 0 Å². The van der Waals surface area contributed by atoms with E-state index in [4.69, 9.17) is 5.73 Å². The van der Waals surface area contributed by atoms with Gasteiger partial charge in [0.05, 0.1) is 6.67 Å². The zero-order chi connectivity index (χ0) is 8.06. The molecule has 0 aromatic heterocycles. The van der Waals surface area contributed by atoms with E-state index in [1.165, 1.54) is 0 Å². The molecule has 1 aliphatic carbocycles. The number of nitrogens with zero attached hydrogens (tertiary/aromatic N) is 1. The van der Waals surface area contributed by atoms with E-state index >= 15 is 0 Å². The normalized spacial score (nSPS) is 50.5. The Labute approximate surface area is 66.5 Å². The van der Waals surface area contributed by atoms with Crippen LogP contribution in [-0.2, 0) is 0 Å². The Hall–Kier alpha value is -0.150. The van der Waals surface area contributed by atoms with Gasteiger partial charge in [-0.25, -0.2) is 0 Å². The van der Waals surface area contributed by atoms with Crippen LogP contribution < -0.4 is 5.73 Å². The van der Waals surface area contributed by atoms with Gasteiger partial charge in [-0.15, -0.1) is 0 Å². The quantitative estimate of drug-likeness (QED) is 0.592. The van der Waals surface area contributed by atoms with Gasteiger partial charge in [-0.05, 0) is 19.4 Å². The van der Waals surface area contributed by atoms with Crippen LogP contribution in [0.15, 0.2) is 0 Å². The molecular weight excluding hydrogens is 143 g/mol. The predicted octanol–water partition coefficient (Wildman–Crippen LogP) is 0.235. The predicted molar refractivity (Wildman–Crippen MR) is 42.0 cm³/mol. The molecule has 3 atom stereocenters. The van der Waals surface area contributed by atoms with E-state index in [2.05, 4.69) is 11.9 Å². The lowest BCUT2D eigenvalue weighted by Crippen LogP contribution is -2.63. The minimum absolute atomic E-state index is 0.137. The van der Waals surface area contributed by atoms with E-state index in [0.29, 0.717) is 5.92 Å². The summed E-state index contributed by atoms with van der Waals surface area (Å²) in [6, 6.07) is 0. The van der Waals surface area contributed by atoms with E-state index in [9.17, 15) is 4.39 Å². The number of fused-ring (bicyclic) bond motifs is 1. The Morgan fingerprint density at radius 1 is 1.73 bits per heavy atom. The zero-order valence-corrected chi connectivity index (χ0v) is 6.89. The first-order valence-corrected chi connectivity index (χ1v) is 4.20. The monoisotopic (exact) mass is 158 g/mol. The molecule has 1 saturated carbocycles. The summed E-state index contributed by atoms with van der Waals surface area (Å²) >= 11 is 0. The summed E-state index contributed by atoms with van der Waals surface area (Å²) < 4.78 is 12.4. The first kappa shape index (κ1) is 7.50. The highest BCUT2D eigenvalue weighted by Gasteiger charge is 2.56. The summed E-state index contributed by atoms with van der Waals surface area (Å²) in [5.41, 5.74) is 5.89. The maximum absolute atomic E-state index is 12.4. The number of rotatable bonds is 1. The zero-order valence-electron chi connectivity index (χ0n) is 6.89. The largest absolute Gasteiger partial charge is 0.323 e. The third-order valence-corrected chi connectivity index (χ3v) is 3.35. The summed E-state index contributed by atoms with van der Waals surface area (Å²) in [6.45, 7) is 1.71. The van der Waals surface area contributed by atoms with Gasteiger partial charge in [-0.1, -0.05) is 0 Å². The van der Waals surface area contributed by atoms with Gasteiger partial charge >= 0.3 is 0 Å². The number of nitrogens with two attached hydrogens (primary N) is 1. The molecule has 3 unspecified atom stereocenters. The molecule has 0 aromatic carbocycles. The van der Waals surface area contributed by atoms with Crippen LogP contribution in [0.25, 0.3) is 0 Å². The van der Waals surface area contributed by atoms with Crippen LogP contribution in [0.2, 0.25) is 0 Å². The third-order valence-electron chi connectivity index (χ3n) is 3.35. The van der Waals surface area contributed by atoms with Crippen molar-refractivity contribution in [1.82, 2.24) is 4.90 Å². The van der Waals surface area contributed by atoms with Gasteiger partial charge in [0.15, 0.2) is 0 Å². The minimum atomic E-state index is -0.235. The second-order valence-corrected chi connectivity index (χ2v) is 4.09. The topological polar surface area (TPSA) is 29.3 Å². The fourth-order valence-electron chi connectivity index (χ4n) is 2.57. The van der Waals surface area contributed by atoms with Crippen LogP contribution in [-0.4, -0.2) is 37.3 Å². The van der Waals surface area contributed by atoms with Crippen molar-refractivity contribution in [2.24, 2.45) is 17.6 Å². The molecule has 2 N–H and O–H groups in total. The van der Waals surface area contributed by atoms with Gasteiger partial charge in [-0.3, -0.25) is 4.39 Å². The van der Waals surface area contributed by atoms with Gasteiger partial charge in [0.25, 0.3) is 0 Å². The Morgan fingerprint density at radius 3 is 3.00 bits per heavy atom. The van der Waals surface area contributed by atoms with E-state index in [-0.39, 0.29) is 18.1 Å². The molecule has 0 bridgehead atoms. The first-order chi connectivity index (χ1) is 5.16. The lowest BCUT2D eigenvalue weighted by molar-refractivity contribution is 0.0574. The van der Waals surface area contributed by atoms with Crippen molar-refractivity contribution in [2.75, 3.05) is 26.8 Å². The van der Waals surface area contributed by atoms with Gasteiger partial charge in [0, 0.05) is 24.5 Å². The van der Waals surface area contributed by atoms with Crippen molar-refractivity contribution in [3.8, 4) is 0 Å². The SMILES string of the molecule is CN1CC2CC(CF)C2(N)C1. The van der Waals surface area contributed by atoms with E-state index in [0.717, 1.165) is 19.5 Å². The van der Waals surface area contributed by atoms with Crippen molar-refractivity contribution in [3.63, 3.8) is 0 Å². The molecule has 0 spiro atoms. The van der Waals surface area contributed by atoms with Crippen molar-refractivity contribution < 1.29 is 4.39 Å². The van der Waals surface area contributed by atoms with Crippen LogP contribution in [0.5, 0.6) is 0 Å². The molecule has 3 heteroatoms. The van der Waals surface area contributed by atoms with Crippen molar-refractivity contribution >= 4 is 0 Å². The molecule has 11 heavy (non-hydrogen) atoms. The molecule has 0 radical (unpaired) electrons. The summed E-state index contributed by atoms with van der Waals surface area (Å²) in [4.78, 5) is 2.21. The van der Waals surface area contributed by atoms with Crippen molar-refractivity contribution in [1.29, 1.82) is 0 Å². The molecule has 2 aliphatic rings. The van der Waals surface area contributed by atoms with Crippen LogP contribution in [0.1, 0.15) is 6.42 Å². The van der Waals surface area contributed by atoms with E-state index in [1.807, 2.05) is 0 Å². The summed E-state index contributed by atoms with van der Waals surface area (Å²) in [5, 5.41) is 0. The van der Waals surface area contributed by atoms with Crippen LogP contribution in [0, 0.1) is 11.8 Å². The lowest BCUT2D eigenvalue weighted by Gasteiger charge is -2.48. The van der Waals surface area contributed by atoms with Crippen molar-refractivity contribution in [3.05, 3.63) is 0 Å². The van der Waals surface area contributed by atoms with Gasteiger partial charge in [0.1, 0.15) is 0 Å². The smallest absolute Gasteiger partial charge is 0.0940 e. The molecule has 1 aliphatic heterocycles. The molecule has 0 aromatic rings. The summed E-state index contributed by atoms with van der Waals surface area (Å²) in [7, 11) is 2.06. The fraction of sp³-hybridized carbons (Fsp3) is 1.00. The molecular formula is C8H15FN2. The molecule has 1 saturated heterocycles. The van der Waals surface area contributed by atoms with E-state index in [1.54, 1.807) is 0 Å². The highest BCUT2D eigenvalue weighted by molar-refractivity contribution is 5.12. The molecule has 2 nitrogen and oxygen atoms in total. The third kappa shape index (κ3) is 0.842. The second-order valence-electron chi connectivity index (χ2n) is 4.09. The first-order valence-electron chi connectivity index (χ1n) is 4.20. The highest BCUT2D eigenvalue weighted by Crippen LogP contribution is 2.46. The Bertz CT molecular complexity index is 167. The number of likely N-dealkylation sites (tertiary alicyclic amines) is 1. The number of alkyl halides is 1. The molecule has 1 heterocycles. The van der Waals surface area contributed by atoms with E-state index < -0.39 is 0 Å². The highest BCUT2D eigenvalue weighted by atomic mass is 19.1. The lowest BCUT2D eigenvalue weighted by atomic mass is 9.61. The Kier molecular flexibility index (Phi) is 1.48. The average Bonchev–Trinajstić information content (AvgIpc) is 2.14. The average molecular weight is 158 g/mol. The standard InChI is InChI=1S/C8H15FN2/c1-11-4-7-2-6(3-9)8(7,10)5-11/h6-7H,2-5,10H2,1H3. The number of likely N-dealkylation sites (N-methyl/N-ethyl adjacent to an activating group) is 1. The number of hydrogen-bond donors (Lipinski definition) is 1. The Morgan fingerprint density at radius 2 is 2.45 bits per heavy atom.